The van der Waals surface area contributed by atoms with E-state index in [1.54, 1.807) is 0 Å². The van der Waals surface area contributed by atoms with Crippen LogP contribution in [-0.4, -0.2) is 11.0 Å². The van der Waals surface area contributed by atoms with Crippen molar-refractivity contribution in [1.82, 2.24) is 10.4 Å². The molecule has 1 aromatic heterocycles. The number of nitrogens with two attached hydrogens (primary N) is 1. The third kappa shape index (κ3) is 2.11. The Balaban J connectivity index is 1.94. The van der Waals surface area contributed by atoms with Crippen molar-refractivity contribution >= 4 is 0 Å². The van der Waals surface area contributed by atoms with Crippen molar-refractivity contribution in [3.05, 3.63) is 30.1 Å². The first-order valence-electron chi connectivity index (χ1n) is 5.25. The van der Waals surface area contributed by atoms with Gasteiger partial charge in [-0.15, -0.1) is 0 Å². The molecule has 1 aromatic rings. The van der Waals surface area contributed by atoms with E-state index in [0.717, 1.165) is 12.3 Å². The summed E-state index contributed by atoms with van der Waals surface area (Å²) in [6.45, 7) is 0. The van der Waals surface area contributed by atoms with Crippen molar-refractivity contribution < 1.29 is 0 Å². The molecule has 3 nitrogen and oxygen atoms in total. The van der Waals surface area contributed by atoms with Gasteiger partial charge in [-0.1, -0.05) is 6.42 Å². The summed E-state index contributed by atoms with van der Waals surface area (Å²) in [5.74, 6) is 6.34. The number of nitrogens with one attached hydrogen (secondary N) is 1. The molecular weight excluding hydrogens is 174 g/mol. The Bertz CT molecular complexity index is 269. The van der Waals surface area contributed by atoms with E-state index in [-0.39, 0.29) is 0 Å². The van der Waals surface area contributed by atoms with Crippen LogP contribution in [0.2, 0.25) is 0 Å². The van der Waals surface area contributed by atoms with E-state index in [1.807, 2.05) is 12.4 Å². The fraction of sp³-hybridized carbons (Fsp3) is 0.545. The van der Waals surface area contributed by atoms with Crippen LogP contribution in [0.4, 0.5) is 0 Å². The molecule has 1 unspecified atom stereocenters. The Morgan fingerprint density at radius 2 is 2.14 bits per heavy atom. The number of rotatable bonds is 4. The second-order valence-corrected chi connectivity index (χ2v) is 4.02. The summed E-state index contributed by atoms with van der Waals surface area (Å²) < 4.78 is 0. The summed E-state index contributed by atoms with van der Waals surface area (Å²) in [5, 5.41) is 0. The Labute approximate surface area is 84.7 Å². The van der Waals surface area contributed by atoms with Crippen molar-refractivity contribution in [3.8, 4) is 0 Å². The molecule has 0 bridgehead atoms. The standard InChI is InChI=1S/C11H17N3/c12-14-11(10-2-1-3-10)8-9-4-6-13-7-5-9/h4-7,10-11,14H,1-3,8,12H2. The van der Waals surface area contributed by atoms with Gasteiger partial charge in [0.05, 0.1) is 0 Å². The Hall–Kier alpha value is -0.930. The maximum atomic E-state index is 5.57. The monoisotopic (exact) mass is 191 g/mol. The number of hydrogen-bond donors (Lipinski definition) is 2. The normalized spacial score (nSPS) is 18.9. The highest BCUT2D eigenvalue weighted by atomic mass is 15.2. The number of aromatic nitrogens is 1. The molecule has 2 rings (SSSR count). The molecule has 1 heterocycles. The summed E-state index contributed by atoms with van der Waals surface area (Å²) in [5.41, 5.74) is 4.25. The maximum absolute atomic E-state index is 5.57. The smallest absolute Gasteiger partial charge is 0.0279 e. The van der Waals surface area contributed by atoms with Gasteiger partial charge >= 0.3 is 0 Å². The van der Waals surface area contributed by atoms with Crippen LogP contribution in [-0.2, 0) is 6.42 Å². The molecule has 1 aliphatic rings. The Morgan fingerprint density at radius 1 is 1.43 bits per heavy atom. The summed E-state index contributed by atoms with van der Waals surface area (Å²) in [7, 11) is 0. The topological polar surface area (TPSA) is 50.9 Å². The molecule has 1 atom stereocenters. The average Bonchev–Trinajstić information content (AvgIpc) is 2.15. The lowest BCUT2D eigenvalue weighted by Gasteiger charge is -2.33. The SMILES string of the molecule is NNC(Cc1ccncc1)C1CCC1. The molecule has 3 N–H and O–H groups in total. The van der Waals surface area contributed by atoms with E-state index in [4.69, 9.17) is 5.84 Å². The maximum Gasteiger partial charge on any atom is 0.0279 e. The van der Waals surface area contributed by atoms with Crippen LogP contribution in [0.1, 0.15) is 24.8 Å². The number of pyridine rings is 1. The first-order chi connectivity index (χ1) is 6.90. The van der Waals surface area contributed by atoms with E-state index in [9.17, 15) is 0 Å². The van der Waals surface area contributed by atoms with Gasteiger partial charge in [0.1, 0.15) is 0 Å². The molecule has 14 heavy (non-hydrogen) atoms. The van der Waals surface area contributed by atoms with Gasteiger partial charge in [0.15, 0.2) is 0 Å². The lowest BCUT2D eigenvalue weighted by atomic mass is 9.78. The van der Waals surface area contributed by atoms with Crippen LogP contribution in [0, 0.1) is 5.92 Å². The highest BCUT2D eigenvalue weighted by Crippen LogP contribution is 2.30. The molecule has 0 aliphatic heterocycles. The second kappa shape index (κ2) is 4.53. The molecule has 76 valence electrons. The van der Waals surface area contributed by atoms with Gasteiger partial charge < -0.3 is 0 Å². The minimum Gasteiger partial charge on any atom is -0.271 e. The molecule has 0 radical (unpaired) electrons. The quantitative estimate of drug-likeness (QED) is 0.556. The predicted molar refractivity (Wildman–Crippen MR) is 56.4 cm³/mol. The first kappa shape index (κ1) is 9.62. The van der Waals surface area contributed by atoms with Crippen molar-refractivity contribution in [2.24, 2.45) is 11.8 Å². The first-order valence-corrected chi connectivity index (χ1v) is 5.25. The zero-order valence-corrected chi connectivity index (χ0v) is 8.32. The fourth-order valence-corrected chi connectivity index (χ4v) is 1.98. The number of hydrazine groups is 1. The summed E-state index contributed by atoms with van der Waals surface area (Å²) in [6.07, 6.45) is 8.69. The van der Waals surface area contributed by atoms with E-state index in [0.29, 0.717) is 6.04 Å². The largest absolute Gasteiger partial charge is 0.271 e. The van der Waals surface area contributed by atoms with Crippen LogP contribution < -0.4 is 11.3 Å². The average molecular weight is 191 g/mol. The zero-order valence-electron chi connectivity index (χ0n) is 8.32. The van der Waals surface area contributed by atoms with Gasteiger partial charge in [-0.25, -0.2) is 0 Å². The van der Waals surface area contributed by atoms with Crippen LogP contribution >= 0.6 is 0 Å². The molecule has 0 spiro atoms. The molecule has 0 aromatic carbocycles. The molecule has 0 saturated heterocycles. The fourth-order valence-electron chi connectivity index (χ4n) is 1.98. The van der Waals surface area contributed by atoms with Gasteiger partial charge in [-0.2, -0.15) is 0 Å². The van der Waals surface area contributed by atoms with Gasteiger partial charge in [0.25, 0.3) is 0 Å². The minimum atomic E-state index is 0.436. The van der Waals surface area contributed by atoms with Crippen molar-refractivity contribution in [2.45, 2.75) is 31.7 Å². The minimum absolute atomic E-state index is 0.436. The van der Waals surface area contributed by atoms with Crippen molar-refractivity contribution in [2.75, 3.05) is 0 Å². The molecule has 1 fully saturated rings. The highest BCUT2D eigenvalue weighted by molar-refractivity contribution is 5.12. The third-order valence-electron chi connectivity index (χ3n) is 3.14. The third-order valence-corrected chi connectivity index (χ3v) is 3.14. The molecule has 1 aliphatic carbocycles. The summed E-state index contributed by atoms with van der Waals surface area (Å²) in [6, 6.07) is 4.55. The molecule has 3 heteroatoms. The zero-order chi connectivity index (χ0) is 9.80. The van der Waals surface area contributed by atoms with Gasteiger partial charge in [0.2, 0.25) is 0 Å². The number of nitrogens with zero attached hydrogens (tertiary/aromatic N) is 1. The van der Waals surface area contributed by atoms with Crippen LogP contribution in [0.15, 0.2) is 24.5 Å². The van der Waals surface area contributed by atoms with Crippen molar-refractivity contribution in [3.63, 3.8) is 0 Å². The lowest BCUT2D eigenvalue weighted by Crippen LogP contribution is -2.44. The van der Waals surface area contributed by atoms with Crippen LogP contribution in [0.25, 0.3) is 0 Å². The van der Waals surface area contributed by atoms with E-state index in [1.165, 1.54) is 24.8 Å². The molecule has 0 amide bonds. The summed E-state index contributed by atoms with van der Waals surface area (Å²) in [4.78, 5) is 4.01. The van der Waals surface area contributed by atoms with Crippen LogP contribution in [0.3, 0.4) is 0 Å². The lowest BCUT2D eigenvalue weighted by molar-refractivity contribution is 0.228. The molecule has 1 saturated carbocycles. The second-order valence-electron chi connectivity index (χ2n) is 4.02. The van der Waals surface area contributed by atoms with Gasteiger partial charge in [-0.05, 0) is 42.9 Å². The van der Waals surface area contributed by atoms with E-state index >= 15 is 0 Å². The van der Waals surface area contributed by atoms with E-state index in [2.05, 4.69) is 22.5 Å². The Morgan fingerprint density at radius 3 is 2.64 bits per heavy atom. The number of hydrogen-bond acceptors (Lipinski definition) is 3. The van der Waals surface area contributed by atoms with Gasteiger partial charge in [-0.3, -0.25) is 16.3 Å². The Kier molecular flexibility index (Phi) is 3.11. The van der Waals surface area contributed by atoms with Gasteiger partial charge in [0, 0.05) is 18.4 Å². The van der Waals surface area contributed by atoms with Crippen LogP contribution in [0.5, 0.6) is 0 Å². The van der Waals surface area contributed by atoms with Crippen molar-refractivity contribution in [1.29, 1.82) is 0 Å². The van der Waals surface area contributed by atoms with E-state index < -0.39 is 0 Å². The summed E-state index contributed by atoms with van der Waals surface area (Å²) >= 11 is 0. The predicted octanol–water partition coefficient (Wildman–Crippen LogP) is 1.26. The molecular formula is C11H17N3. The highest BCUT2D eigenvalue weighted by Gasteiger charge is 2.26.